The zero-order chi connectivity index (χ0) is 16.5. The molecule has 0 aliphatic rings. The molecule has 132 valence electrons. The third kappa shape index (κ3) is 16.3. The molecule has 0 saturated carbocycles. The largest absolute Gasteiger partial charge is 0.325 e. The van der Waals surface area contributed by atoms with Crippen LogP contribution in [0, 0.1) is 0 Å². The van der Waals surface area contributed by atoms with Crippen molar-refractivity contribution in [2.45, 2.75) is 105 Å². The van der Waals surface area contributed by atoms with Crippen LogP contribution in [0.3, 0.4) is 0 Å². The van der Waals surface area contributed by atoms with E-state index in [2.05, 4.69) is 38.0 Å². The van der Waals surface area contributed by atoms with E-state index in [1.165, 1.54) is 95.7 Å². The second-order valence-electron chi connectivity index (χ2n) is 7.12. The van der Waals surface area contributed by atoms with Gasteiger partial charge in [-0.2, -0.15) is 0 Å². The van der Waals surface area contributed by atoms with Crippen molar-refractivity contribution in [3.8, 4) is 0 Å². The van der Waals surface area contributed by atoms with E-state index in [0.29, 0.717) is 0 Å². The van der Waals surface area contributed by atoms with Crippen molar-refractivity contribution < 1.29 is 0 Å². The maximum Gasteiger partial charge on any atom is 0.119 e. The first kappa shape index (κ1) is 21.9. The lowest BCUT2D eigenvalue weighted by atomic mass is 10.1. The molecular formula is C20H43NSi. The smallest absolute Gasteiger partial charge is 0.119 e. The fraction of sp³-hybridized carbons (Fsp3) is 0.900. The van der Waals surface area contributed by atoms with Crippen molar-refractivity contribution in [2.24, 2.45) is 0 Å². The zero-order valence-corrected chi connectivity index (χ0v) is 17.5. The highest BCUT2D eigenvalue weighted by Crippen LogP contribution is 2.08. The third-order valence-electron chi connectivity index (χ3n) is 4.41. The average molecular weight is 326 g/mol. The molecule has 22 heavy (non-hydrogen) atoms. The Hall–Kier alpha value is -0.0831. The Morgan fingerprint density at radius 3 is 1.50 bits per heavy atom. The van der Waals surface area contributed by atoms with Crippen LogP contribution >= 0.6 is 0 Å². The Morgan fingerprint density at radius 2 is 1.09 bits per heavy atom. The summed E-state index contributed by atoms with van der Waals surface area (Å²) in [5.41, 5.74) is 4.05. The van der Waals surface area contributed by atoms with Crippen LogP contribution in [0.15, 0.2) is 11.3 Å². The van der Waals surface area contributed by atoms with Crippen LogP contribution < -0.4 is 0 Å². The Balaban J connectivity index is 3.77. The Bertz CT molecular complexity index is 230. The van der Waals surface area contributed by atoms with Crippen LogP contribution in [-0.2, 0) is 0 Å². The van der Waals surface area contributed by atoms with Crippen LogP contribution in [0.2, 0.25) is 0 Å². The topological polar surface area (TPSA) is 3.24 Å². The van der Waals surface area contributed by atoms with Crippen molar-refractivity contribution >= 4 is 9.68 Å². The first-order valence-corrected chi connectivity index (χ1v) is 11.5. The lowest BCUT2D eigenvalue weighted by Gasteiger charge is -2.21. The quantitative estimate of drug-likeness (QED) is 0.248. The van der Waals surface area contributed by atoms with Gasteiger partial charge in [0, 0.05) is 0 Å². The lowest BCUT2D eigenvalue weighted by Crippen LogP contribution is -2.29. The van der Waals surface area contributed by atoms with E-state index >= 15 is 0 Å². The number of allylic oxidation sites excluding steroid dienone is 1. The molecule has 0 aliphatic carbocycles. The molecule has 0 saturated heterocycles. The normalized spacial score (nSPS) is 11.7. The van der Waals surface area contributed by atoms with Crippen LogP contribution in [-0.4, -0.2) is 27.3 Å². The standard InChI is InChI=1S/C20H43NSi/c1-5-7-9-11-13-15-17-21(22-19-20(3)4)18-16-14-12-10-8-6-2/h19H,5-18,22H2,1-4H3. The SMILES string of the molecule is CCCCCCCCN(CCCCCCCC)[SiH2]C=C(C)C. The summed E-state index contributed by atoms with van der Waals surface area (Å²) in [7, 11) is -0.139. The lowest BCUT2D eigenvalue weighted by molar-refractivity contribution is 0.406. The minimum absolute atomic E-state index is 0.139. The molecule has 2 heteroatoms. The van der Waals surface area contributed by atoms with Gasteiger partial charge in [0.2, 0.25) is 0 Å². The molecule has 0 bridgehead atoms. The summed E-state index contributed by atoms with van der Waals surface area (Å²) in [6.45, 7) is 11.8. The summed E-state index contributed by atoms with van der Waals surface area (Å²) in [6, 6.07) is 0. The first-order chi connectivity index (χ1) is 10.7. The Morgan fingerprint density at radius 1 is 0.682 bits per heavy atom. The summed E-state index contributed by atoms with van der Waals surface area (Å²) in [6.07, 6.45) is 17.1. The minimum atomic E-state index is -0.139. The van der Waals surface area contributed by atoms with Crippen LogP contribution in [0.25, 0.3) is 0 Å². The van der Waals surface area contributed by atoms with Gasteiger partial charge in [0.25, 0.3) is 0 Å². The number of hydrogen-bond donors (Lipinski definition) is 0. The monoisotopic (exact) mass is 325 g/mol. The average Bonchev–Trinajstić information content (AvgIpc) is 2.50. The summed E-state index contributed by atoms with van der Waals surface area (Å²) in [5, 5.41) is 0. The summed E-state index contributed by atoms with van der Waals surface area (Å²) in [4.78, 5) is 0. The van der Waals surface area contributed by atoms with E-state index in [-0.39, 0.29) is 9.68 Å². The van der Waals surface area contributed by atoms with Gasteiger partial charge in [-0.15, -0.1) is 0 Å². The van der Waals surface area contributed by atoms with Crippen molar-refractivity contribution in [1.82, 2.24) is 4.57 Å². The van der Waals surface area contributed by atoms with E-state index in [1.54, 1.807) is 0 Å². The van der Waals surface area contributed by atoms with Gasteiger partial charge >= 0.3 is 0 Å². The predicted octanol–water partition coefficient (Wildman–Crippen LogP) is 6.02. The molecule has 0 rings (SSSR count). The fourth-order valence-corrected chi connectivity index (χ4v) is 4.27. The molecule has 0 spiro atoms. The molecule has 0 radical (unpaired) electrons. The molecule has 0 atom stereocenters. The van der Waals surface area contributed by atoms with Crippen LogP contribution in [0.4, 0.5) is 0 Å². The number of unbranched alkanes of at least 4 members (excludes halogenated alkanes) is 10. The molecule has 0 amide bonds. The van der Waals surface area contributed by atoms with Crippen molar-refractivity contribution in [3.05, 3.63) is 11.3 Å². The highest BCUT2D eigenvalue weighted by molar-refractivity contribution is 6.38. The van der Waals surface area contributed by atoms with Crippen molar-refractivity contribution in [2.75, 3.05) is 13.1 Å². The van der Waals surface area contributed by atoms with E-state index in [9.17, 15) is 0 Å². The van der Waals surface area contributed by atoms with Crippen LogP contribution in [0.1, 0.15) is 105 Å². The van der Waals surface area contributed by atoms with Gasteiger partial charge in [-0.1, -0.05) is 89.3 Å². The highest BCUT2D eigenvalue weighted by Gasteiger charge is 2.03. The maximum atomic E-state index is 2.81. The second kappa shape index (κ2) is 17.3. The molecule has 0 fully saturated rings. The van der Waals surface area contributed by atoms with E-state index in [1.807, 2.05) is 0 Å². The summed E-state index contributed by atoms with van der Waals surface area (Å²) < 4.78 is 2.81. The van der Waals surface area contributed by atoms with Gasteiger partial charge in [-0.3, -0.25) is 0 Å². The molecule has 0 unspecified atom stereocenters. The number of hydrogen-bond acceptors (Lipinski definition) is 1. The molecule has 0 heterocycles. The molecule has 0 aliphatic heterocycles. The van der Waals surface area contributed by atoms with Gasteiger partial charge in [0.15, 0.2) is 0 Å². The second-order valence-corrected chi connectivity index (χ2v) is 8.79. The van der Waals surface area contributed by atoms with E-state index < -0.39 is 0 Å². The van der Waals surface area contributed by atoms with Gasteiger partial charge in [-0.25, -0.2) is 0 Å². The summed E-state index contributed by atoms with van der Waals surface area (Å²) >= 11 is 0. The van der Waals surface area contributed by atoms with Gasteiger partial charge < -0.3 is 4.57 Å². The minimum Gasteiger partial charge on any atom is -0.325 e. The molecule has 0 aromatic heterocycles. The summed E-state index contributed by atoms with van der Waals surface area (Å²) in [5.74, 6) is 0. The molecule has 0 N–H and O–H groups in total. The number of rotatable bonds is 16. The predicted molar refractivity (Wildman–Crippen MR) is 106 cm³/mol. The fourth-order valence-electron chi connectivity index (χ4n) is 2.84. The van der Waals surface area contributed by atoms with E-state index in [4.69, 9.17) is 0 Å². The molecular weight excluding hydrogens is 282 g/mol. The van der Waals surface area contributed by atoms with Gasteiger partial charge in [0.1, 0.15) is 9.68 Å². The maximum absolute atomic E-state index is 2.81. The number of nitrogens with zero attached hydrogens (tertiary/aromatic N) is 1. The molecule has 0 aromatic carbocycles. The molecule has 0 aromatic rings. The first-order valence-electron chi connectivity index (χ1n) is 10.1. The van der Waals surface area contributed by atoms with Gasteiger partial charge in [-0.05, 0) is 39.8 Å². The highest BCUT2D eigenvalue weighted by atomic mass is 28.2. The van der Waals surface area contributed by atoms with E-state index in [0.717, 1.165) is 0 Å². The third-order valence-corrected chi connectivity index (χ3v) is 6.56. The molecule has 1 nitrogen and oxygen atoms in total. The zero-order valence-electron chi connectivity index (χ0n) is 16.1. The van der Waals surface area contributed by atoms with Crippen LogP contribution in [0.5, 0.6) is 0 Å². The van der Waals surface area contributed by atoms with Crippen molar-refractivity contribution in [3.63, 3.8) is 0 Å². The Labute approximate surface area is 143 Å². The van der Waals surface area contributed by atoms with Gasteiger partial charge in [0.05, 0.1) is 0 Å². The van der Waals surface area contributed by atoms with Crippen molar-refractivity contribution in [1.29, 1.82) is 0 Å². The Kier molecular flexibility index (Phi) is 17.2.